The van der Waals surface area contributed by atoms with Crippen molar-refractivity contribution < 1.29 is 9.53 Å². The lowest BCUT2D eigenvalue weighted by molar-refractivity contribution is 0.0939. The Labute approximate surface area is 113 Å². The van der Waals surface area contributed by atoms with Gasteiger partial charge in [-0.05, 0) is 23.8 Å². The largest absolute Gasteiger partial charge is 0.497 e. The van der Waals surface area contributed by atoms with Gasteiger partial charge in [0.25, 0.3) is 0 Å². The lowest BCUT2D eigenvalue weighted by atomic mass is 10.0. The lowest BCUT2D eigenvalue weighted by Crippen LogP contribution is -2.06. The van der Waals surface area contributed by atoms with Crippen molar-refractivity contribution in [2.45, 2.75) is 20.4 Å². The van der Waals surface area contributed by atoms with Crippen LogP contribution in [0, 0.1) is 5.92 Å². The van der Waals surface area contributed by atoms with Gasteiger partial charge in [-0.25, -0.2) is 0 Å². The molecule has 1 aromatic heterocycles. The van der Waals surface area contributed by atoms with Crippen molar-refractivity contribution in [3.8, 4) is 5.75 Å². The van der Waals surface area contributed by atoms with Gasteiger partial charge in [0.1, 0.15) is 5.75 Å². The van der Waals surface area contributed by atoms with E-state index in [0.717, 1.165) is 23.4 Å². The standard InChI is InChI=1S/C16H19NO2/c1-12(2)16(18)14-7-8-17(11-14)10-13-5-4-6-15(9-13)19-3/h4-9,11-12H,10H2,1-3H3. The first-order valence-electron chi connectivity index (χ1n) is 6.43. The number of carbonyl (C=O) groups is 1. The maximum Gasteiger partial charge on any atom is 0.166 e. The van der Waals surface area contributed by atoms with Crippen LogP contribution in [0.1, 0.15) is 29.8 Å². The summed E-state index contributed by atoms with van der Waals surface area (Å²) in [6.07, 6.45) is 3.84. The Balaban J connectivity index is 2.13. The van der Waals surface area contributed by atoms with E-state index in [1.165, 1.54) is 0 Å². The van der Waals surface area contributed by atoms with Crippen LogP contribution in [0.15, 0.2) is 42.7 Å². The molecule has 3 heteroatoms. The maximum absolute atomic E-state index is 11.9. The lowest BCUT2D eigenvalue weighted by Gasteiger charge is -2.06. The Hall–Kier alpha value is -2.03. The first-order valence-corrected chi connectivity index (χ1v) is 6.43. The van der Waals surface area contributed by atoms with Gasteiger partial charge in [-0.1, -0.05) is 26.0 Å². The van der Waals surface area contributed by atoms with E-state index >= 15 is 0 Å². The summed E-state index contributed by atoms with van der Waals surface area (Å²) in [5, 5.41) is 0. The van der Waals surface area contributed by atoms with Crippen LogP contribution in [-0.4, -0.2) is 17.5 Å². The van der Waals surface area contributed by atoms with Crippen LogP contribution < -0.4 is 4.74 Å². The van der Waals surface area contributed by atoms with Gasteiger partial charge in [-0.2, -0.15) is 0 Å². The first-order chi connectivity index (χ1) is 9.10. The molecule has 19 heavy (non-hydrogen) atoms. The second-order valence-electron chi connectivity index (χ2n) is 4.94. The molecule has 0 saturated carbocycles. The van der Waals surface area contributed by atoms with Gasteiger partial charge in [-0.15, -0.1) is 0 Å². The number of ketones is 1. The number of hydrogen-bond donors (Lipinski definition) is 0. The SMILES string of the molecule is COc1cccc(Cn2ccc(C(=O)C(C)C)c2)c1. The number of hydrogen-bond acceptors (Lipinski definition) is 2. The number of aromatic nitrogens is 1. The Kier molecular flexibility index (Phi) is 4.05. The number of benzene rings is 1. The van der Waals surface area contributed by atoms with Gasteiger partial charge in [0, 0.05) is 30.4 Å². The highest BCUT2D eigenvalue weighted by atomic mass is 16.5. The molecule has 0 saturated heterocycles. The van der Waals surface area contributed by atoms with Crippen LogP contribution in [-0.2, 0) is 6.54 Å². The van der Waals surface area contributed by atoms with Gasteiger partial charge in [0.2, 0.25) is 0 Å². The van der Waals surface area contributed by atoms with Crippen LogP contribution in [0.25, 0.3) is 0 Å². The summed E-state index contributed by atoms with van der Waals surface area (Å²) in [6.45, 7) is 4.58. The summed E-state index contributed by atoms with van der Waals surface area (Å²) in [5.74, 6) is 1.07. The minimum absolute atomic E-state index is 0.0349. The van der Waals surface area contributed by atoms with E-state index in [1.54, 1.807) is 7.11 Å². The van der Waals surface area contributed by atoms with E-state index in [1.807, 2.05) is 61.1 Å². The average molecular weight is 257 g/mol. The fraction of sp³-hybridized carbons (Fsp3) is 0.312. The third-order valence-corrected chi connectivity index (χ3v) is 3.06. The van der Waals surface area contributed by atoms with Crippen molar-refractivity contribution in [2.75, 3.05) is 7.11 Å². The van der Waals surface area contributed by atoms with Crippen molar-refractivity contribution >= 4 is 5.78 Å². The minimum atomic E-state index is 0.0349. The van der Waals surface area contributed by atoms with Gasteiger partial charge in [-0.3, -0.25) is 4.79 Å². The second-order valence-corrected chi connectivity index (χ2v) is 4.94. The molecule has 100 valence electrons. The molecule has 1 aromatic carbocycles. The van der Waals surface area contributed by atoms with Crippen molar-refractivity contribution in [2.24, 2.45) is 5.92 Å². The van der Waals surface area contributed by atoms with Crippen LogP contribution >= 0.6 is 0 Å². The summed E-state index contributed by atoms with van der Waals surface area (Å²) in [7, 11) is 1.66. The van der Waals surface area contributed by atoms with Crippen molar-refractivity contribution in [3.63, 3.8) is 0 Å². The van der Waals surface area contributed by atoms with Gasteiger partial charge in [0.05, 0.1) is 7.11 Å². The molecule has 0 N–H and O–H groups in total. The topological polar surface area (TPSA) is 31.2 Å². The van der Waals surface area contributed by atoms with E-state index < -0.39 is 0 Å². The van der Waals surface area contributed by atoms with Crippen LogP contribution in [0.2, 0.25) is 0 Å². The molecule has 2 aromatic rings. The zero-order valence-electron chi connectivity index (χ0n) is 11.6. The molecule has 0 amide bonds. The molecular formula is C16H19NO2. The summed E-state index contributed by atoms with van der Waals surface area (Å²) >= 11 is 0. The number of carbonyl (C=O) groups excluding carboxylic acids is 1. The summed E-state index contributed by atoms with van der Waals surface area (Å²) in [6, 6.07) is 9.82. The third kappa shape index (κ3) is 3.25. The molecule has 0 bridgehead atoms. The van der Waals surface area contributed by atoms with Gasteiger partial charge >= 0.3 is 0 Å². The number of methoxy groups -OCH3 is 1. The quantitative estimate of drug-likeness (QED) is 0.769. The molecule has 1 heterocycles. The number of ether oxygens (including phenoxy) is 1. The molecule has 0 aliphatic heterocycles. The predicted octanol–water partition coefficient (Wildman–Crippen LogP) is 3.38. The van der Waals surface area contributed by atoms with E-state index in [0.29, 0.717) is 0 Å². The normalized spacial score (nSPS) is 10.7. The fourth-order valence-electron chi connectivity index (χ4n) is 2.00. The fourth-order valence-corrected chi connectivity index (χ4v) is 2.00. The number of nitrogens with zero attached hydrogens (tertiary/aromatic N) is 1. The van der Waals surface area contributed by atoms with Crippen molar-refractivity contribution in [1.82, 2.24) is 4.57 Å². The average Bonchev–Trinajstić information content (AvgIpc) is 2.86. The highest BCUT2D eigenvalue weighted by molar-refractivity contribution is 5.97. The molecule has 0 unspecified atom stereocenters. The molecule has 2 rings (SSSR count). The number of Topliss-reactive ketones (excluding diaryl/α,β-unsaturated/α-hetero) is 1. The zero-order chi connectivity index (χ0) is 13.8. The molecule has 3 nitrogen and oxygen atoms in total. The Morgan fingerprint density at radius 2 is 2.11 bits per heavy atom. The maximum atomic E-state index is 11.9. The van der Waals surface area contributed by atoms with E-state index in [4.69, 9.17) is 4.74 Å². The Morgan fingerprint density at radius 1 is 1.32 bits per heavy atom. The van der Waals surface area contributed by atoms with E-state index in [9.17, 15) is 4.79 Å². The van der Waals surface area contributed by atoms with Crippen LogP contribution in [0.4, 0.5) is 0 Å². The predicted molar refractivity (Wildman–Crippen MR) is 75.7 cm³/mol. The summed E-state index contributed by atoms with van der Waals surface area (Å²) in [5.41, 5.74) is 1.93. The summed E-state index contributed by atoms with van der Waals surface area (Å²) < 4.78 is 7.22. The second kappa shape index (κ2) is 5.74. The zero-order valence-corrected chi connectivity index (χ0v) is 11.6. The number of rotatable bonds is 5. The van der Waals surface area contributed by atoms with Gasteiger partial charge < -0.3 is 9.30 Å². The van der Waals surface area contributed by atoms with Crippen LogP contribution in [0.3, 0.4) is 0 Å². The Bertz CT molecular complexity index is 570. The van der Waals surface area contributed by atoms with Crippen molar-refractivity contribution in [3.05, 3.63) is 53.9 Å². The van der Waals surface area contributed by atoms with Crippen molar-refractivity contribution in [1.29, 1.82) is 0 Å². The Morgan fingerprint density at radius 3 is 2.79 bits per heavy atom. The molecule has 0 aliphatic carbocycles. The van der Waals surface area contributed by atoms with E-state index in [2.05, 4.69) is 0 Å². The molecule has 0 aliphatic rings. The molecule has 0 fully saturated rings. The summed E-state index contributed by atoms with van der Waals surface area (Å²) in [4.78, 5) is 11.9. The van der Waals surface area contributed by atoms with Crippen LogP contribution in [0.5, 0.6) is 5.75 Å². The molecule has 0 atom stereocenters. The molecule has 0 radical (unpaired) electrons. The minimum Gasteiger partial charge on any atom is -0.497 e. The third-order valence-electron chi connectivity index (χ3n) is 3.06. The molecular weight excluding hydrogens is 238 g/mol. The van der Waals surface area contributed by atoms with E-state index in [-0.39, 0.29) is 11.7 Å². The first kappa shape index (κ1) is 13.4. The highest BCUT2D eigenvalue weighted by Gasteiger charge is 2.11. The highest BCUT2D eigenvalue weighted by Crippen LogP contribution is 2.15. The monoisotopic (exact) mass is 257 g/mol. The smallest absolute Gasteiger partial charge is 0.166 e. The molecule has 0 spiro atoms. The van der Waals surface area contributed by atoms with Gasteiger partial charge in [0.15, 0.2) is 5.78 Å².